The van der Waals surface area contributed by atoms with Gasteiger partial charge in [-0.05, 0) is 67.1 Å². The van der Waals surface area contributed by atoms with Crippen molar-refractivity contribution in [1.29, 1.82) is 0 Å². The molecular formula is C36H49N5O7S. The fourth-order valence-electron chi connectivity index (χ4n) is 5.37. The number of aliphatic hydroxyl groups excluding tert-OH is 1. The molecule has 2 unspecified atom stereocenters. The van der Waals surface area contributed by atoms with Gasteiger partial charge in [-0.2, -0.15) is 0 Å². The van der Waals surface area contributed by atoms with Crippen molar-refractivity contribution in [2.24, 2.45) is 5.14 Å². The van der Waals surface area contributed by atoms with Crippen LogP contribution in [0, 0.1) is 0 Å². The van der Waals surface area contributed by atoms with Crippen molar-refractivity contribution >= 4 is 27.7 Å². The van der Waals surface area contributed by atoms with E-state index in [1.807, 2.05) is 51.1 Å². The summed E-state index contributed by atoms with van der Waals surface area (Å²) in [5.74, 6) is -1.37. The molecule has 266 valence electrons. The predicted octanol–water partition coefficient (Wildman–Crippen LogP) is 3.38. The minimum atomic E-state index is -4.29. The van der Waals surface area contributed by atoms with Crippen LogP contribution in [0.2, 0.25) is 0 Å². The Labute approximate surface area is 289 Å². The maximum atomic E-state index is 13.8. The monoisotopic (exact) mass is 695 g/mol. The Morgan fingerprint density at radius 1 is 0.837 bits per heavy atom. The largest absolute Gasteiger partial charge is 0.508 e. The maximum Gasteiger partial charge on any atom is 0.253 e. The van der Waals surface area contributed by atoms with Crippen molar-refractivity contribution in [1.82, 2.24) is 20.7 Å². The number of hydrogen-bond donors (Lipinski definition) is 5. The molecule has 49 heavy (non-hydrogen) atoms. The van der Waals surface area contributed by atoms with E-state index in [-0.39, 0.29) is 47.1 Å². The van der Waals surface area contributed by atoms with Gasteiger partial charge in [0.1, 0.15) is 5.75 Å². The predicted molar refractivity (Wildman–Crippen MR) is 188 cm³/mol. The lowest BCUT2D eigenvalue weighted by Crippen LogP contribution is -2.53. The van der Waals surface area contributed by atoms with E-state index in [4.69, 9.17) is 5.14 Å². The molecule has 3 rings (SSSR count). The van der Waals surface area contributed by atoms with Crippen LogP contribution in [0.4, 0.5) is 0 Å². The molecule has 13 heteroatoms. The van der Waals surface area contributed by atoms with Gasteiger partial charge in [-0.15, -0.1) is 0 Å². The highest BCUT2D eigenvalue weighted by Gasteiger charge is 2.27. The number of unbranched alkanes of at least 4 members (excludes halogenated alkanes) is 1. The lowest BCUT2D eigenvalue weighted by Gasteiger charge is -2.30. The molecule has 0 fully saturated rings. The van der Waals surface area contributed by atoms with Crippen LogP contribution in [-0.4, -0.2) is 84.6 Å². The Morgan fingerprint density at radius 2 is 1.47 bits per heavy atom. The van der Waals surface area contributed by atoms with E-state index in [2.05, 4.69) is 10.7 Å². The number of carbonyl (C=O) groups is 3. The van der Waals surface area contributed by atoms with Crippen LogP contribution < -0.4 is 15.9 Å². The number of nitrogens with two attached hydrogens (primary N) is 1. The summed E-state index contributed by atoms with van der Waals surface area (Å²) in [5, 5.41) is 31.3. The number of sulfonamides is 1. The first-order valence-electron chi connectivity index (χ1n) is 16.7. The number of hydrazine groups is 1. The van der Waals surface area contributed by atoms with Gasteiger partial charge in [0.25, 0.3) is 11.8 Å². The Kier molecular flexibility index (Phi) is 15.2. The Bertz CT molecular complexity index is 1630. The molecule has 0 radical (unpaired) electrons. The second-order valence-electron chi connectivity index (χ2n) is 12.1. The highest BCUT2D eigenvalue weighted by atomic mass is 32.2. The second-order valence-corrected chi connectivity index (χ2v) is 13.7. The van der Waals surface area contributed by atoms with Crippen molar-refractivity contribution in [3.8, 4) is 5.75 Å². The van der Waals surface area contributed by atoms with Gasteiger partial charge in [0, 0.05) is 37.3 Å². The Morgan fingerprint density at radius 3 is 2.06 bits per heavy atom. The summed E-state index contributed by atoms with van der Waals surface area (Å²) >= 11 is 0. The molecule has 0 spiro atoms. The first-order valence-corrected chi connectivity index (χ1v) is 18.2. The summed E-state index contributed by atoms with van der Waals surface area (Å²) in [6, 6.07) is 18.2. The van der Waals surface area contributed by atoms with Crippen molar-refractivity contribution in [2.75, 3.05) is 26.2 Å². The second kappa shape index (κ2) is 19.0. The quantitative estimate of drug-likeness (QED) is 0.118. The molecule has 0 saturated carbocycles. The van der Waals surface area contributed by atoms with E-state index in [1.165, 1.54) is 24.3 Å². The van der Waals surface area contributed by atoms with Gasteiger partial charge in [-0.25, -0.2) is 18.6 Å². The fraction of sp³-hybridized carbons (Fsp3) is 0.417. The summed E-state index contributed by atoms with van der Waals surface area (Å²) in [6.07, 6.45) is 2.01. The SMILES string of the molecule is CCCCN(CC(O)C(Cc1ccc(O)cc1)NC(=O)c1cc(C(=O)N(CCC)CCC)cc(S(N)(=O)=O)c1)NC(=O)Cc1ccccc1. The standard InChI is InChI=1S/C36H49N5O7S/c1-4-7-19-41(39-34(44)21-26-11-9-8-10-12-26)25-33(43)32(20-27-13-15-30(42)16-14-27)38-35(45)28-22-29(24-31(23-28)49(37,47)48)36(46)40(17-5-2)18-6-3/h8-16,22-24,32-33,42-43H,4-7,17-21,25H2,1-3H3,(H,38,45)(H,39,44)(H2,37,47,48). The molecule has 6 N–H and O–H groups in total. The molecule has 3 aromatic carbocycles. The number of aromatic hydroxyl groups is 1. The topological polar surface area (TPSA) is 182 Å². The maximum absolute atomic E-state index is 13.8. The van der Waals surface area contributed by atoms with Crippen molar-refractivity contribution < 1.29 is 33.0 Å². The van der Waals surface area contributed by atoms with Gasteiger partial charge in [0.15, 0.2) is 0 Å². The highest BCUT2D eigenvalue weighted by molar-refractivity contribution is 7.89. The van der Waals surface area contributed by atoms with Gasteiger partial charge in [0.2, 0.25) is 15.9 Å². The summed E-state index contributed by atoms with van der Waals surface area (Å²) in [6.45, 7) is 7.17. The highest BCUT2D eigenvalue weighted by Crippen LogP contribution is 2.19. The first kappa shape index (κ1) is 39.1. The van der Waals surface area contributed by atoms with Crippen LogP contribution in [0.25, 0.3) is 0 Å². The van der Waals surface area contributed by atoms with Crippen molar-refractivity contribution in [2.45, 2.75) is 76.3 Å². The van der Waals surface area contributed by atoms with Gasteiger partial charge >= 0.3 is 0 Å². The number of nitrogens with zero attached hydrogens (tertiary/aromatic N) is 2. The van der Waals surface area contributed by atoms with Crippen LogP contribution in [-0.2, 0) is 27.7 Å². The zero-order valence-corrected chi connectivity index (χ0v) is 29.3. The molecule has 0 aliphatic carbocycles. The number of hydrogen-bond acceptors (Lipinski definition) is 8. The number of nitrogens with one attached hydrogen (secondary N) is 2. The Hall–Kier alpha value is -4.30. The van der Waals surface area contributed by atoms with Crippen LogP contribution >= 0.6 is 0 Å². The smallest absolute Gasteiger partial charge is 0.253 e. The zero-order chi connectivity index (χ0) is 36.0. The van der Waals surface area contributed by atoms with Gasteiger partial charge in [0.05, 0.1) is 23.5 Å². The lowest BCUT2D eigenvalue weighted by atomic mass is 9.99. The molecule has 12 nitrogen and oxygen atoms in total. The van der Waals surface area contributed by atoms with E-state index in [1.54, 1.807) is 22.0 Å². The van der Waals surface area contributed by atoms with Gasteiger partial charge in [-0.1, -0.05) is 69.7 Å². The third kappa shape index (κ3) is 12.6. The van der Waals surface area contributed by atoms with Crippen LogP contribution in [0.5, 0.6) is 5.75 Å². The molecule has 2 atom stereocenters. The van der Waals surface area contributed by atoms with E-state index < -0.39 is 34.0 Å². The minimum absolute atomic E-state index is 0.000997. The molecule has 0 aliphatic heterocycles. The number of benzene rings is 3. The van der Waals surface area contributed by atoms with E-state index >= 15 is 0 Å². The number of amides is 3. The zero-order valence-electron chi connectivity index (χ0n) is 28.5. The van der Waals surface area contributed by atoms with Crippen LogP contribution in [0.3, 0.4) is 0 Å². The van der Waals surface area contributed by atoms with Gasteiger partial charge in [-0.3, -0.25) is 19.8 Å². The number of phenols is 1. The summed E-state index contributed by atoms with van der Waals surface area (Å²) in [5.41, 5.74) is 4.29. The molecular weight excluding hydrogens is 646 g/mol. The molecule has 0 saturated heterocycles. The van der Waals surface area contributed by atoms with E-state index in [0.717, 1.165) is 24.5 Å². The molecule has 0 bridgehead atoms. The summed E-state index contributed by atoms with van der Waals surface area (Å²) in [7, 11) is -4.29. The van der Waals surface area contributed by atoms with Crippen molar-refractivity contribution in [3.63, 3.8) is 0 Å². The number of carbonyl (C=O) groups excluding carboxylic acids is 3. The lowest BCUT2D eigenvalue weighted by molar-refractivity contribution is -0.126. The van der Waals surface area contributed by atoms with Crippen LogP contribution in [0.1, 0.15) is 78.3 Å². The summed E-state index contributed by atoms with van der Waals surface area (Å²) in [4.78, 5) is 41.4. The number of primary sulfonamides is 1. The number of aliphatic hydroxyl groups is 1. The third-order valence-electron chi connectivity index (χ3n) is 7.87. The minimum Gasteiger partial charge on any atom is -0.508 e. The Balaban J connectivity index is 1.92. The molecule has 0 aromatic heterocycles. The molecule has 3 amide bonds. The normalized spacial score (nSPS) is 12.7. The van der Waals surface area contributed by atoms with Crippen LogP contribution in [0.15, 0.2) is 77.7 Å². The molecule has 0 aliphatic rings. The van der Waals surface area contributed by atoms with Gasteiger partial charge < -0.3 is 20.4 Å². The molecule has 3 aromatic rings. The third-order valence-corrected chi connectivity index (χ3v) is 8.76. The van der Waals surface area contributed by atoms with E-state index in [9.17, 15) is 33.0 Å². The number of rotatable bonds is 19. The molecule has 0 heterocycles. The summed E-state index contributed by atoms with van der Waals surface area (Å²) < 4.78 is 24.9. The van der Waals surface area contributed by atoms with E-state index in [0.29, 0.717) is 38.0 Å². The van der Waals surface area contributed by atoms with Crippen molar-refractivity contribution in [3.05, 3.63) is 95.1 Å². The first-order chi connectivity index (χ1) is 23.3. The average molecular weight is 696 g/mol. The average Bonchev–Trinajstić information content (AvgIpc) is 3.07. The number of phenolic OH excluding ortho intramolecular Hbond substituents is 1. The fourth-order valence-corrected chi connectivity index (χ4v) is 5.95.